The zero-order chi connectivity index (χ0) is 11.0. The average molecular weight is 227 g/mol. The summed E-state index contributed by atoms with van der Waals surface area (Å²) >= 11 is 0. The number of nitrogens with one attached hydrogen (secondary N) is 1. The molecule has 0 fully saturated rings. The molecule has 0 unspecified atom stereocenters. The van der Waals surface area contributed by atoms with Gasteiger partial charge in [-0.3, -0.25) is 0 Å². The van der Waals surface area contributed by atoms with Crippen molar-refractivity contribution < 1.29 is 0 Å². The third-order valence-corrected chi connectivity index (χ3v) is 11.7. The van der Waals surface area contributed by atoms with Crippen LogP contribution >= 0.6 is 0 Å². The minimum absolute atomic E-state index is 1.18. The molecule has 5 heteroatoms. The molecule has 0 aliphatic heterocycles. The minimum Gasteiger partial charge on any atom is -0.351 e. The Kier molecular flexibility index (Phi) is 3.03. The highest BCUT2D eigenvalue weighted by Gasteiger charge is 2.38. The van der Waals surface area contributed by atoms with Gasteiger partial charge in [-0.2, -0.15) is 0 Å². The van der Waals surface area contributed by atoms with Gasteiger partial charge >= 0.3 is 0 Å². The fourth-order valence-corrected chi connectivity index (χ4v) is 9.77. The van der Waals surface area contributed by atoms with E-state index >= 15 is 0 Å². The quantitative estimate of drug-likeness (QED) is 0.795. The summed E-state index contributed by atoms with van der Waals surface area (Å²) in [5.74, 6) is 0. The standard InChI is InChI=1S/C9H21N3Si2/c1-12(13(2,3)4)14(5,6)9-10-7-8-11-9/h7-8H,1-6H3,(H,10,11). The third kappa shape index (κ3) is 2.16. The zero-order valence-corrected chi connectivity index (χ0v) is 12.0. The Morgan fingerprint density at radius 1 is 1.21 bits per heavy atom. The van der Waals surface area contributed by atoms with E-state index in [9.17, 15) is 0 Å². The van der Waals surface area contributed by atoms with Gasteiger partial charge in [0, 0.05) is 12.4 Å². The monoisotopic (exact) mass is 227 g/mol. The molecular weight excluding hydrogens is 206 g/mol. The lowest BCUT2D eigenvalue weighted by molar-refractivity contribution is 0.762. The molecule has 0 aromatic carbocycles. The maximum atomic E-state index is 4.41. The van der Waals surface area contributed by atoms with E-state index < -0.39 is 16.5 Å². The van der Waals surface area contributed by atoms with E-state index in [4.69, 9.17) is 0 Å². The van der Waals surface area contributed by atoms with E-state index in [0.717, 1.165) is 0 Å². The molecule has 0 amide bonds. The van der Waals surface area contributed by atoms with Gasteiger partial charge in [-0.25, -0.2) is 4.98 Å². The van der Waals surface area contributed by atoms with Crippen LogP contribution in [0.3, 0.4) is 0 Å². The summed E-state index contributed by atoms with van der Waals surface area (Å²) in [7, 11) is -0.504. The topological polar surface area (TPSA) is 31.9 Å². The van der Waals surface area contributed by atoms with Gasteiger partial charge in [-0.1, -0.05) is 32.7 Å². The van der Waals surface area contributed by atoms with E-state index in [-0.39, 0.29) is 0 Å². The van der Waals surface area contributed by atoms with Gasteiger partial charge in [0.25, 0.3) is 0 Å². The summed E-state index contributed by atoms with van der Waals surface area (Å²) in [6.07, 6.45) is 3.77. The zero-order valence-electron chi connectivity index (χ0n) is 10.0. The van der Waals surface area contributed by atoms with Crippen LogP contribution < -0.4 is 5.45 Å². The van der Waals surface area contributed by atoms with Gasteiger partial charge in [0.1, 0.15) is 13.7 Å². The van der Waals surface area contributed by atoms with Crippen LogP contribution in [0.25, 0.3) is 0 Å². The summed E-state index contributed by atoms with van der Waals surface area (Å²) in [5.41, 5.74) is 1.18. The summed E-state index contributed by atoms with van der Waals surface area (Å²) in [6.45, 7) is 11.8. The molecule has 0 radical (unpaired) electrons. The second-order valence-electron chi connectivity index (χ2n) is 5.23. The Labute approximate surface area is 88.7 Å². The van der Waals surface area contributed by atoms with E-state index in [0.29, 0.717) is 0 Å². The predicted octanol–water partition coefficient (Wildman–Crippen LogP) is 1.59. The highest BCUT2D eigenvalue weighted by atomic mass is 28.4. The van der Waals surface area contributed by atoms with Crippen LogP contribution in [0, 0.1) is 0 Å². The lowest BCUT2D eigenvalue weighted by atomic mass is 11.0. The number of imidazole rings is 1. The van der Waals surface area contributed by atoms with Crippen LogP contribution in [0.5, 0.6) is 0 Å². The molecular formula is C9H21N3Si2. The first kappa shape index (κ1) is 11.7. The Hall–Kier alpha value is -0.396. The fourth-order valence-electron chi connectivity index (χ4n) is 1.60. The van der Waals surface area contributed by atoms with Crippen LogP contribution in [0.15, 0.2) is 12.4 Å². The SMILES string of the molecule is CN([Si](C)(C)C)[Si](C)(C)c1ncc[nH]1. The van der Waals surface area contributed by atoms with E-state index in [2.05, 4.69) is 54.0 Å². The largest absolute Gasteiger partial charge is 0.351 e. The lowest BCUT2D eigenvalue weighted by Gasteiger charge is -2.40. The Bertz CT molecular complexity index is 288. The molecule has 80 valence electrons. The maximum absolute atomic E-state index is 4.41. The molecule has 0 bridgehead atoms. The molecule has 0 saturated heterocycles. The summed E-state index contributed by atoms with van der Waals surface area (Å²) in [4.78, 5) is 7.67. The number of hydrogen-bond acceptors (Lipinski definition) is 2. The third-order valence-electron chi connectivity index (χ3n) is 2.92. The maximum Gasteiger partial charge on any atom is 0.191 e. The van der Waals surface area contributed by atoms with E-state index in [1.165, 1.54) is 5.45 Å². The van der Waals surface area contributed by atoms with Gasteiger partial charge < -0.3 is 9.22 Å². The van der Waals surface area contributed by atoms with Crippen molar-refractivity contribution in [3.8, 4) is 0 Å². The molecule has 3 nitrogen and oxygen atoms in total. The van der Waals surface area contributed by atoms with Crippen molar-refractivity contribution in [3.05, 3.63) is 12.4 Å². The van der Waals surface area contributed by atoms with Crippen molar-refractivity contribution in [2.45, 2.75) is 32.7 Å². The molecule has 1 rings (SSSR count). The van der Waals surface area contributed by atoms with Crippen LogP contribution in [0.2, 0.25) is 32.7 Å². The van der Waals surface area contributed by atoms with Crippen molar-refractivity contribution >= 4 is 21.9 Å². The van der Waals surface area contributed by atoms with Gasteiger partial charge in [-0.05, 0) is 7.05 Å². The molecule has 0 spiro atoms. The molecule has 1 heterocycles. The number of rotatable bonds is 3. The Balaban J connectivity index is 2.96. The van der Waals surface area contributed by atoms with Gasteiger partial charge in [-0.15, -0.1) is 0 Å². The van der Waals surface area contributed by atoms with Crippen molar-refractivity contribution in [2.24, 2.45) is 0 Å². The van der Waals surface area contributed by atoms with Gasteiger partial charge in [0.15, 0.2) is 8.24 Å². The molecule has 0 aliphatic rings. The molecule has 1 aromatic rings. The van der Waals surface area contributed by atoms with Crippen molar-refractivity contribution in [3.63, 3.8) is 0 Å². The average Bonchev–Trinajstić information content (AvgIpc) is 2.53. The first-order chi connectivity index (χ1) is 6.26. The van der Waals surface area contributed by atoms with Crippen molar-refractivity contribution in [1.29, 1.82) is 0 Å². The van der Waals surface area contributed by atoms with E-state index in [1.54, 1.807) is 0 Å². The van der Waals surface area contributed by atoms with Crippen LogP contribution in [-0.4, -0.2) is 37.7 Å². The van der Waals surface area contributed by atoms with Gasteiger partial charge in [0.2, 0.25) is 0 Å². The van der Waals surface area contributed by atoms with Crippen molar-refractivity contribution in [1.82, 2.24) is 14.2 Å². The predicted molar refractivity (Wildman–Crippen MR) is 66.8 cm³/mol. The normalized spacial score (nSPS) is 13.6. The second-order valence-corrected chi connectivity index (χ2v) is 14.9. The molecule has 0 aliphatic carbocycles. The van der Waals surface area contributed by atoms with Crippen LogP contribution in [-0.2, 0) is 0 Å². The first-order valence-electron chi connectivity index (χ1n) is 5.00. The summed E-state index contributed by atoms with van der Waals surface area (Å²) in [5, 5.41) is 0. The molecule has 1 aromatic heterocycles. The summed E-state index contributed by atoms with van der Waals surface area (Å²) in [6, 6.07) is 0. The fraction of sp³-hybridized carbons (Fsp3) is 0.667. The second kappa shape index (κ2) is 3.64. The van der Waals surface area contributed by atoms with Crippen LogP contribution in [0.4, 0.5) is 0 Å². The first-order valence-corrected chi connectivity index (χ1v) is 11.4. The lowest BCUT2D eigenvalue weighted by Crippen LogP contribution is -2.65. The number of nitrogens with zero attached hydrogens (tertiary/aromatic N) is 2. The van der Waals surface area contributed by atoms with Crippen molar-refractivity contribution in [2.75, 3.05) is 7.05 Å². The Morgan fingerprint density at radius 3 is 2.14 bits per heavy atom. The highest BCUT2D eigenvalue weighted by molar-refractivity contribution is 6.96. The van der Waals surface area contributed by atoms with E-state index in [1.807, 2.05) is 12.4 Å². The molecule has 1 N–H and O–H groups in total. The van der Waals surface area contributed by atoms with Gasteiger partial charge in [0.05, 0.1) is 0 Å². The highest BCUT2D eigenvalue weighted by Crippen LogP contribution is 2.15. The number of hydrogen-bond donors (Lipinski definition) is 1. The summed E-state index contributed by atoms with van der Waals surface area (Å²) < 4.78 is 2.60. The number of aromatic amines is 1. The number of aromatic nitrogens is 2. The van der Waals surface area contributed by atoms with Crippen LogP contribution in [0.1, 0.15) is 0 Å². The number of H-pyrrole nitrogens is 1. The molecule has 0 atom stereocenters. The smallest absolute Gasteiger partial charge is 0.191 e. The minimum atomic E-state index is -1.54. The Morgan fingerprint density at radius 2 is 1.79 bits per heavy atom. The molecule has 14 heavy (non-hydrogen) atoms. The molecule has 0 saturated carbocycles.